The molecule has 0 bridgehead atoms. The molecule has 0 saturated heterocycles. The van der Waals surface area contributed by atoms with E-state index in [4.69, 9.17) is 0 Å². The minimum Gasteiger partial charge on any atom is -0.290 e. The fraction of sp³-hybridized carbons (Fsp3) is 0.400. The van der Waals surface area contributed by atoms with Crippen LogP contribution in [0.25, 0.3) is 11.2 Å². The lowest BCUT2D eigenvalue weighted by Crippen LogP contribution is -2.59. The van der Waals surface area contributed by atoms with Crippen molar-refractivity contribution in [3.8, 4) is 0 Å². The summed E-state index contributed by atoms with van der Waals surface area (Å²) in [4.78, 5) is 31.1. The van der Waals surface area contributed by atoms with Crippen LogP contribution in [0.4, 0.5) is 39.5 Å². The van der Waals surface area contributed by atoms with E-state index in [0.717, 1.165) is 0 Å². The third-order valence-electron chi connectivity index (χ3n) is 2.91. The summed E-state index contributed by atoms with van der Waals surface area (Å²) < 4.78 is 116. The van der Waals surface area contributed by atoms with Crippen LogP contribution >= 0.6 is 0 Å². The number of nitrogens with one attached hydrogen (secondary N) is 2. The van der Waals surface area contributed by atoms with Gasteiger partial charge >= 0.3 is 29.6 Å². The standard InChI is InChI=1S/C10H3F9N4O2/c11-7(12,8(13,14)9(15,16)10(17,18)19)2-1-20-4-3(21-2)5(24)23-6(25)22-4/h1H,(H2,20,22,23,24,25). The molecule has 25 heavy (non-hydrogen) atoms. The molecule has 138 valence electrons. The summed E-state index contributed by atoms with van der Waals surface area (Å²) in [5, 5.41) is 0. The van der Waals surface area contributed by atoms with Crippen molar-refractivity contribution >= 4 is 11.2 Å². The molecule has 0 aliphatic carbocycles. The molecule has 0 unspecified atom stereocenters. The van der Waals surface area contributed by atoms with Crippen LogP contribution in [0, 0.1) is 0 Å². The highest BCUT2D eigenvalue weighted by molar-refractivity contribution is 5.67. The summed E-state index contributed by atoms with van der Waals surface area (Å²) in [5.74, 6) is -20.2. The minimum atomic E-state index is -7.11. The maximum atomic E-state index is 13.7. The van der Waals surface area contributed by atoms with Crippen molar-refractivity contribution in [2.75, 3.05) is 0 Å². The molecule has 15 heteroatoms. The van der Waals surface area contributed by atoms with Gasteiger partial charge in [-0.05, 0) is 0 Å². The molecule has 0 saturated carbocycles. The van der Waals surface area contributed by atoms with Crippen LogP contribution in [0.1, 0.15) is 5.69 Å². The van der Waals surface area contributed by atoms with E-state index in [-0.39, 0.29) is 6.20 Å². The highest BCUT2D eigenvalue weighted by Crippen LogP contribution is 2.56. The number of H-pyrrole nitrogens is 2. The average Bonchev–Trinajstić information content (AvgIpc) is 2.45. The molecule has 0 amide bonds. The van der Waals surface area contributed by atoms with Crippen LogP contribution in [0.2, 0.25) is 0 Å². The Kier molecular flexibility index (Phi) is 3.89. The summed E-state index contributed by atoms with van der Waals surface area (Å²) in [6.07, 6.45) is -7.26. The third kappa shape index (κ3) is 2.62. The van der Waals surface area contributed by atoms with Gasteiger partial charge in [-0.15, -0.1) is 0 Å². The van der Waals surface area contributed by atoms with Crippen molar-refractivity contribution in [3.63, 3.8) is 0 Å². The number of hydrogen-bond donors (Lipinski definition) is 2. The zero-order valence-electron chi connectivity index (χ0n) is 11.2. The van der Waals surface area contributed by atoms with Gasteiger partial charge in [-0.3, -0.25) is 14.8 Å². The monoisotopic (exact) mass is 382 g/mol. The van der Waals surface area contributed by atoms with Gasteiger partial charge in [-0.1, -0.05) is 0 Å². The molecule has 0 aliphatic heterocycles. The van der Waals surface area contributed by atoms with Crippen molar-refractivity contribution in [2.45, 2.75) is 23.9 Å². The summed E-state index contributed by atoms with van der Waals surface area (Å²) in [5.41, 5.74) is -6.97. The Morgan fingerprint density at radius 3 is 1.92 bits per heavy atom. The molecule has 2 aromatic heterocycles. The van der Waals surface area contributed by atoms with Gasteiger partial charge in [-0.2, -0.15) is 39.5 Å². The zero-order valence-corrected chi connectivity index (χ0v) is 11.2. The SMILES string of the molecule is O=c1[nH]c(=O)c2nc(C(F)(F)C(F)(F)C(F)(F)C(F)(F)F)cnc2[nH]1. The molecule has 0 spiro atoms. The first-order chi connectivity index (χ1) is 11.1. The van der Waals surface area contributed by atoms with Gasteiger partial charge in [0.15, 0.2) is 11.2 Å². The molecule has 0 aromatic carbocycles. The number of nitrogens with zero attached hydrogens (tertiary/aromatic N) is 2. The number of alkyl halides is 9. The number of hydrogen-bond acceptors (Lipinski definition) is 4. The van der Waals surface area contributed by atoms with Crippen LogP contribution < -0.4 is 11.2 Å². The molecule has 2 aromatic rings. The largest absolute Gasteiger partial charge is 0.460 e. The van der Waals surface area contributed by atoms with E-state index < -0.39 is 52.1 Å². The van der Waals surface area contributed by atoms with Crippen molar-refractivity contribution in [2.24, 2.45) is 0 Å². The highest BCUT2D eigenvalue weighted by Gasteiger charge is 2.82. The van der Waals surface area contributed by atoms with Crippen LogP contribution in [-0.4, -0.2) is 38.0 Å². The average molecular weight is 382 g/mol. The Labute approximate surface area is 128 Å². The maximum Gasteiger partial charge on any atom is 0.460 e. The first-order valence-electron chi connectivity index (χ1n) is 5.83. The Morgan fingerprint density at radius 2 is 1.40 bits per heavy atom. The van der Waals surface area contributed by atoms with E-state index >= 15 is 0 Å². The predicted octanol–water partition coefficient (Wildman–Crippen LogP) is 1.93. The van der Waals surface area contributed by atoms with Gasteiger partial charge in [0.25, 0.3) is 5.56 Å². The second-order valence-corrected chi connectivity index (χ2v) is 4.58. The lowest BCUT2D eigenvalue weighted by atomic mass is 10.0. The van der Waals surface area contributed by atoms with E-state index in [1.807, 2.05) is 0 Å². The molecule has 2 heterocycles. The number of fused-ring (bicyclic) bond motifs is 1. The van der Waals surface area contributed by atoms with Gasteiger partial charge in [0, 0.05) is 0 Å². The quantitative estimate of drug-likeness (QED) is 0.794. The normalized spacial score (nSPS) is 14.1. The fourth-order valence-electron chi connectivity index (χ4n) is 1.63. The van der Waals surface area contributed by atoms with Gasteiger partial charge < -0.3 is 0 Å². The van der Waals surface area contributed by atoms with E-state index in [1.165, 1.54) is 4.98 Å². The zero-order chi connectivity index (χ0) is 19.4. The minimum absolute atomic E-state index is 0.266. The fourth-order valence-corrected chi connectivity index (χ4v) is 1.63. The summed E-state index contributed by atoms with van der Waals surface area (Å²) in [7, 11) is 0. The van der Waals surface area contributed by atoms with Crippen LogP contribution in [0.15, 0.2) is 15.8 Å². The van der Waals surface area contributed by atoms with E-state index in [0.29, 0.717) is 0 Å². The van der Waals surface area contributed by atoms with Gasteiger partial charge in [0.2, 0.25) is 0 Å². The molecule has 0 aliphatic rings. The van der Waals surface area contributed by atoms with E-state index in [1.54, 1.807) is 4.98 Å². The lowest BCUT2D eigenvalue weighted by Gasteiger charge is -2.33. The molecule has 6 nitrogen and oxygen atoms in total. The van der Waals surface area contributed by atoms with Crippen LogP contribution in [-0.2, 0) is 5.92 Å². The Balaban J connectivity index is 2.69. The van der Waals surface area contributed by atoms with Crippen molar-refractivity contribution < 1.29 is 39.5 Å². The smallest absolute Gasteiger partial charge is 0.290 e. The topological polar surface area (TPSA) is 91.5 Å². The van der Waals surface area contributed by atoms with E-state index in [2.05, 4.69) is 9.97 Å². The van der Waals surface area contributed by atoms with E-state index in [9.17, 15) is 49.1 Å². The van der Waals surface area contributed by atoms with Gasteiger partial charge in [0.05, 0.1) is 6.20 Å². The molecular formula is C10H3F9N4O2. The molecule has 0 fully saturated rings. The molecule has 0 radical (unpaired) electrons. The number of rotatable bonds is 3. The van der Waals surface area contributed by atoms with Crippen LogP contribution in [0.3, 0.4) is 0 Å². The number of aromatic amines is 2. The second kappa shape index (κ2) is 5.19. The highest BCUT2D eigenvalue weighted by atomic mass is 19.4. The lowest BCUT2D eigenvalue weighted by molar-refractivity contribution is -0.400. The molecule has 2 N–H and O–H groups in total. The van der Waals surface area contributed by atoms with Crippen molar-refractivity contribution in [1.29, 1.82) is 0 Å². The maximum absolute atomic E-state index is 13.7. The number of halogens is 9. The molecular weight excluding hydrogens is 379 g/mol. The Hall–Kier alpha value is -2.61. The van der Waals surface area contributed by atoms with Crippen LogP contribution in [0.5, 0.6) is 0 Å². The van der Waals surface area contributed by atoms with Gasteiger partial charge in [0.1, 0.15) is 5.69 Å². The predicted molar refractivity (Wildman–Crippen MR) is 60.6 cm³/mol. The van der Waals surface area contributed by atoms with Gasteiger partial charge in [-0.25, -0.2) is 14.8 Å². The summed E-state index contributed by atoms with van der Waals surface area (Å²) in [6.45, 7) is 0. The Morgan fingerprint density at radius 1 is 0.840 bits per heavy atom. The Bertz CT molecular complexity index is 930. The summed E-state index contributed by atoms with van der Waals surface area (Å²) >= 11 is 0. The first kappa shape index (κ1) is 18.7. The first-order valence-corrected chi connectivity index (χ1v) is 5.83. The summed E-state index contributed by atoms with van der Waals surface area (Å²) in [6, 6.07) is 0. The van der Waals surface area contributed by atoms with Crippen molar-refractivity contribution in [1.82, 2.24) is 19.9 Å². The molecule has 0 atom stereocenters. The number of aromatic nitrogens is 4. The third-order valence-corrected chi connectivity index (χ3v) is 2.91. The molecule has 2 rings (SSSR count). The second-order valence-electron chi connectivity index (χ2n) is 4.58. The van der Waals surface area contributed by atoms with Crippen molar-refractivity contribution in [3.05, 3.63) is 32.7 Å².